The fourth-order valence-electron chi connectivity index (χ4n) is 7.30. The monoisotopic (exact) mass is 715 g/mol. The SMILES string of the molecule is CS(=O)(=O)N1CCCN(C(O[C@H]2CC[C@H]([C]=O)CC2)(C(=O)Cc2cc(Cl)c(NC(=O)c3coc4ccccc34)cc2F)N2CCCC2)CC1. The summed E-state index contributed by atoms with van der Waals surface area (Å²) in [6.07, 6.45) is 8.37. The van der Waals surface area contributed by atoms with Crippen molar-refractivity contribution in [1.29, 1.82) is 0 Å². The summed E-state index contributed by atoms with van der Waals surface area (Å²) in [6, 6.07) is 9.51. The molecule has 3 aliphatic rings. The molecule has 263 valence electrons. The molecule has 0 spiro atoms. The second-order valence-corrected chi connectivity index (χ2v) is 15.5. The van der Waals surface area contributed by atoms with Gasteiger partial charge in [0.05, 0.1) is 28.6 Å². The highest BCUT2D eigenvalue weighted by atomic mass is 35.5. The van der Waals surface area contributed by atoms with Gasteiger partial charge >= 0.3 is 0 Å². The summed E-state index contributed by atoms with van der Waals surface area (Å²) in [5.74, 6) is -3.39. The van der Waals surface area contributed by atoms with Crippen molar-refractivity contribution < 1.29 is 36.3 Å². The average molecular weight is 716 g/mol. The number of ketones is 1. The van der Waals surface area contributed by atoms with Gasteiger partial charge in [-0.25, -0.2) is 17.1 Å². The number of hydrogen-bond donors (Lipinski definition) is 1. The van der Waals surface area contributed by atoms with Crippen LogP contribution in [-0.2, 0) is 30.8 Å². The maximum absolute atomic E-state index is 15.9. The number of Topliss-reactive ketones (excluding diaryl/α,β-unsaturated/α-hetero) is 1. The van der Waals surface area contributed by atoms with Crippen LogP contribution in [0.3, 0.4) is 0 Å². The van der Waals surface area contributed by atoms with Crippen LogP contribution >= 0.6 is 11.6 Å². The summed E-state index contributed by atoms with van der Waals surface area (Å²) in [4.78, 5) is 43.2. The van der Waals surface area contributed by atoms with Gasteiger partial charge in [0.25, 0.3) is 5.91 Å². The van der Waals surface area contributed by atoms with Crippen molar-refractivity contribution in [2.45, 2.75) is 63.3 Å². The minimum absolute atomic E-state index is 0.0424. The molecular formula is C35H41ClFN4O7S. The van der Waals surface area contributed by atoms with Gasteiger partial charge in [-0.05, 0) is 68.7 Å². The number of sulfonamides is 1. The number of fused-ring (bicyclic) bond motifs is 1. The Balaban J connectivity index is 1.30. The van der Waals surface area contributed by atoms with E-state index in [1.165, 1.54) is 22.9 Å². The minimum Gasteiger partial charge on any atom is -0.463 e. The van der Waals surface area contributed by atoms with E-state index in [4.69, 9.17) is 20.8 Å². The molecular weight excluding hydrogens is 675 g/mol. The molecule has 1 atom stereocenters. The molecule has 49 heavy (non-hydrogen) atoms. The fraction of sp³-hybridized carbons (Fsp3) is 0.514. The van der Waals surface area contributed by atoms with Crippen molar-refractivity contribution in [3.05, 3.63) is 64.6 Å². The van der Waals surface area contributed by atoms with E-state index in [2.05, 4.69) is 11.6 Å². The number of likely N-dealkylation sites (tertiary alicyclic amines) is 1. The third kappa shape index (κ3) is 7.62. The molecule has 3 heterocycles. The minimum atomic E-state index is -3.46. The average Bonchev–Trinajstić information content (AvgIpc) is 3.71. The molecule has 1 N–H and O–H groups in total. The second kappa shape index (κ2) is 15.0. The first-order valence-corrected chi connectivity index (χ1v) is 19.0. The highest BCUT2D eigenvalue weighted by molar-refractivity contribution is 7.88. The second-order valence-electron chi connectivity index (χ2n) is 13.1. The van der Waals surface area contributed by atoms with Crippen molar-refractivity contribution in [3.8, 4) is 0 Å². The number of benzene rings is 2. The van der Waals surface area contributed by atoms with Crippen LogP contribution in [0.5, 0.6) is 0 Å². The lowest BCUT2D eigenvalue weighted by Gasteiger charge is -2.49. The number of rotatable bonds is 11. The molecule has 2 aliphatic heterocycles. The number of halogens is 2. The third-order valence-corrected chi connectivity index (χ3v) is 11.5. The summed E-state index contributed by atoms with van der Waals surface area (Å²) < 4.78 is 54.6. The number of amides is 1. The van der Waals surface area contributed by atoms with E-state index in [0.29, 0.717) is 69.3 Å². The zero-order chi connectivity index (χ0) is 34.8. The Morgan fingerprint density at radius 2 is 1.71 bits per heavy atom. The first kappa shape index (κ1) is 35.6. The summed E-state index contributed by atoms with van der Waals surface area (Å²) in [5.41, 5.74) is 0.891. The van der Waals surface area contributed by atoms with Crippen LogP contribution in [0.25, 0.3) is 11.0 Å². The van der Waals surface area contributed by atoms with Crippen molar-refractivity contribution in [2.75, 3.05) is 50.8 Å². The Morgan fingerprint density at radius 3 is 2.43 bits per heavy atom. The smallest absolute Gasteiger partial charge is 0.259 e. The first-order valence-electron chi connectivity index (χ1n) is 16.8. The molecule has 2 saturated heterocycles. The Hall–Kier alpha value is -3.20. The molecule has 1 aliphatic carbocycles. The lowest BCUT2D eigenvalue weighted by Crippen LogP contribution is -2.68. The van der Waals surface area contributed by atoms with Gasteiger partial charge in [-0.15, -0.1) is 0 Å². The number of anilines is 1. The van der Waals surface area contributed by atoms with Gasteiger partial charge < -0.3 is 14.5 Å². The van der Waals surface area contributed by atoms with Crippen molar-refractivity contribution >= 4 is 56.3 Å². The molecule has 1 unspecified atom stereocenters. The molecule has 1 amide bonds. The first-order chi connectivity index (χ1) is 23.5. The van der Waals surface area contributed by atoms with Gasteiger partial charge in [0.15, 0.2) is 5.78 Å². The van der Waals surface area contributed by atoms with Gasteiger partial charge in [0.2, 0.25) is 22.2 Å². The normalized spacial score (nSPS) is 22.8. The predicted molar refractivity (Wildman–Crippen MR) is 183 cm³/mol. The summed E-state index contributed by atoms with van der Waals surface area (Å²) >= 11 is 6.60. The number of carbonyl (C=O) groups is 2. The third-order valence-electron chi connectivity index (χ3n) is 9.88. The predicted octanol–water partition coefficient (Wildman–Crippen LogP) is 4.99. The van der Waals surface area contributed by atoms with Crippen LogP contribution in [0.4, 0.5) is 10.1 Å². The van der Waals surface area contributed by atoms with Crippen LogP contribution in [0, 0.1) is 11.7 Å². The lowest BCUT2D eigenvalue weighted by molar-refractivity contribution is -0.255. The van der Waals surface area contributed by atoms with E-state index >= 15 is 4.39 Å². The highest BCUT2D eigenvalue weighted by Crippen LogP contribution is 2.37. The van der Waals surface area contributed by atoms with Gasteiger partial charge in [-0.2, -0.15) is 0 Å². The van der Waals surface area contributed by atoms with E-state index in [1.807, 2.05) is 9.80 Å². The van der Waals surface area contributed by atoms with E-state index in [0.717, 1.165) is 18.9 Å². The van der Waals surface area contributed by atoms with Crippen LogP contribution in [0.2, 0.25) is 5.02 Å². The topological polar surface area (TPSA) is 129 Å². The van der Waals surface area contributed by atoms with E-state index < -0.39 is 27.6 Å². The standard InChI is InChI=1S/C35H41ClFN4O7S/c1-49(45,46)41-16-6-15-40(17-18-41)35(39-13-4-5-14-39,48-26-11-9-24(22-42)10-12-26)33(43)20-25-19-29(36)31(21-30(25)37)38-34(44)28-23-47-32-8-3-2-7-27(28)32/h2-3,7-8,19,21,23-24,26H,4-6,9-18,20H2,1H3,(H,38,44)/t24-,26-,35?. The molecule has 6 rings (SSSR count). The van der Waals surface area contributed by atoms with E-state index in [-0.39, 0.29) is 59.2 Å². The number of para-hydroxylation sites is 1. The summed E-state index contributed by atoms with van der Waals surface area (Å²) in [7, 11) is -3.46. The molecule has 1 saturated carbocycles. The molecule has 11 nitrogen and oxygen atoms in total. The molecule has 2 aromatic carbocycles. The highest BCUT2D eigenvalue weighted by Gasteiger charge is 2.53. The Kier molecular flexibility index (Phi) is 10.9. The number of furan rings is 1. The molecule has 1 radical (unpaired) electrons. The quantitative estimate of drug-likeness (QED) is 0.292. The van der Waals surface area contributed by atoms with E-state index in [1.54, 1.807) is 24.3 Å². The molecule has 1 aromatic heterocycles. The molecule has 14 heteroatoms. The molecule has 3 fully saturated rings. The Bertz CT molecular complexity index is 1810. The number of nitrogens with zero attached hydrogens (tertiary/aromatic N) is 3. The van der Waals surface area contributed by atoms with Crippen molar-refractivity contribution in [3.63, 3.8) is 0 Å². The van der Waals surface area contributed by atoms with Gasteiger partial charge in [0, 0.05) is 57.0 Å². The van der Waals surface area contributed by atoms with Gasteiger partial charge in [-0.3, -0.25) is 24.2 Å². The van der Waals surface area contributed by atoms with Crippen LogP contribution in [0.1, 0.15) is 60.9 Å². The summed E-state index contributed by atoms with van der Waals surface area (Å²) in [5, 5.41) is 3.32. The number of nitrogens with one attached hydrogen (secondary N) is 1. The van der Waals surface area contributed by atoms with Crippen molar-refractivity contribution in [2.24, 2.45) is 5.92 Å². The number of ether oxygens (including phenoxy) is 1. The zero-order valence-corrected chi connectivity index (χ0v) is 29.0. The number of carbonyl (C=O) groups excluding carboxylic acids is 3. The maximum Gasteiger partial charge on any atom is 0.259 e. The van der Waals surface area contributed by atoms with Gasteiger partial charge in [-0.1, -0.05) is 29.8 Å². The van der Waals surface area contributed by atoms with E-state index in [9.17, 15) is 22.8 Å². The Morgan fingerprint density at radius 1 is 1.02 bits per heavy atom. The van der Waals surface area contributed by atoms with Crippen LogP contribution in [-0.4, -0.2) is 98.0 Å². The van der Waals surface area contributed by atoms with Crippen LogP contribution < -0.4 is 5.32 Å². The van der Waals surface area contributed by atoms with Crippen LogP contribution in [0.15, 0.2) is 47.1 Å². The number of hydrogen-bond acceptors (Lipinski definition) is 9. The van der Waals surface area contributed by atoms with Gasteiger partial charge in [0.1, 0.15) is 17.7 Å². The fourth-order valence-corrected chi connectivity index (χ4v) is 8.41. The molecule has 0 bridgehead atoms. The Labute approximate surface area is 290 Å². The maximum atomic E-state index is 15.9. The molecule has 3 aromatic rings. The zero-order valence-electron chi connectivity index (χ0n) is 27.5. The lowest BCUT2D eigenvalue weighted by atomic mass is 9.88. The van der Waals surface area contributed by atoms with Crippen molar-refractivity contribution in [1.82, 2.24) is 14.1 Å². The summed E-state index contributed by atoms with van der Waals surface area (Å²) in [6.45, 7) is 2.27. The largest absolute Gasteiger partial charge is 0.463 e.